The number of methoxy groups -OCH3 is 3. The number of hydrogen-bond donors (Lipinski definition) is 3. The Morgan fingerprint density at radius 2 is 1.80 bits per heavy atom. The van der Waals surface area contributed by atoms with E-state index in [-0.39, 0.29) is 18.8 Å². The molecule has 2 rings (SSSR count). The molecule has 0 saturated carbocycles. The van der Waals surface area contributed by atoms with Gasteiger partial charge in [-0.1, -0.05) is 13.0 Å². The zero-order chi connectivity index (χ0) is 22.3. The summed E-state index contributed by atoms with van der Waals surface area (Å²) in [7, 11) is 4.30. The molecule has 9 nitrogen and oxygen atoms in total. The molecule has 1 unspecified atom stereocenters. The van der Waals surface area contributed by atoms with Crippen LogP contribution in [0.5, 0.6) is 17.2 Å². The average Bonchev–Trinajstić information content (AvgIpc) is 3.11. The topological polar surface area (TPSA) is 119 Å². The molecule has 1 aromatic heterocycles. The second-order valence-electron chi connectivity index (χ2n) is 6.49. The van der Waals surface area contributed by atoms with Gasteiger partial charge in [-0.3, -0.25) is 4.79 Å². The number of aryl methyl sites for hydroxylation is 1. The van der Waals surface area contributed by atoms with Gasteiger partial charge in [0.15, 0.2) is 11.5 Å². The minimum atomic E-state index is -0.982. The van der Waals surface area contributed by atoms with Crippen molar-refractivity contribution in [1.29, 1.82) is 0 Å². The highest BCUT2D eigenvalue weighted by Crippen LogP contribution is 2.36. The number of ether oxygens (including phenoxy) is 4. The maximum atomic E-state index is 12.6. The lowest BCUT2D eigenvalue weighted by atomic mass is 10.1. The molecule has 1 heterocycles. The number of hydrogen-bond acceptors (Lipinski definition) is 7. The number of aromatic amines is 1. The Morgan fingerprint density at radius 1 is 1.17 bits per heavy atom. The lowest BCUT2D eigenvalue weighted by Crippen LogP contribution is -2.35. The molecule has 164 valence electrons. The number of esters is 1. The first kappa shape index (κ1) is 23.1. The second kappa shape index (κ2) is 10.5. The zero-order valence-corrected chi connectivity index (χ0v) is 17.8. The van der Waals surface area contributed by atoms with E-state index in [1.165, 1.54) is 21.3 Å². The van der Waals surface area contributed by atoms with Gasteiger partial charge < -0.3 is 34.4 Å². The van der Waals surface area contributed by atoms with E-state index >= 15 is 0 Å². The van der Waals surface area contributed by atoms with E-state index < -0.39 is 18.0 Å². The fourth-order valence-corrected chi connectivity index (χ4v) is 3.03. The molecule has 30 heavy (non-hydrogen) atoms. The number of carbonyl (C=O) groups excluding carboxylic acids is 2. The largest absolute Gasteiger partial charge is 0.493 e. The van der Waals surface area contributed by atoms with Gasteiger partial charge in [0.05, 0.1) is 26.9 Å². The first-order chi connectivity index (χ1) is 14.4. The van der Waals surface area contributed by atoms with Gasteiger partial charge in [0.25, 0.3) is 5.91 Å². The SMILES string of the molecule is CCc1[nH]c(C(=O)NCC(O)COc2c(OC)cccc2OC)c(C)c1C(=O)OC. The van der Waals surface area contributed by atoms with Gasteiger partial charge >= 0.3 is 5.97 Å². The molecule has 1 amide bonds. The van der Waals surface area contributed by atoms with Crippen LogP contribution in [0.4, 0.5) is 0 Å². The fraction of sp³-hybridized carbons (Fsp3) is 0.429. The zero-order valence-electron chi connectivity index (χ0n) is 17.8. The van der Waals surface area contributed by atoms with Gasteiger partial charge in [-0.25, -0.2) is 4.79 Å². The van der Waals surface area contributed by atoms with Crippen molar-refractivity contribution in [3.8, 4) is 17.2 Å². The lowest BCUT2D eigenvalue weighted by Gasteiger charge is -2.17. The second-order valence-corrected chi connectivity index (χ2v) is 6.49. The number of H-pyrrole nitrogens is 1. The van der Waals surface area contributed by atoms with Crippen LogP contribution in [-0.4, -0.2) is 62.6 Å². The lowest BCUT2D eigenvalue weighted by molar-refractivity contribution is 0.0599. The summed E-state index contributed by atoms with van der Waals surface area (Å²) in [4.78, 5) is 27.5. The summed E-state index contributed by atoms with van der Waals surface area (Å²) in [5, 5.41) is 12.9. The molecule has 0 bridgehead atoms. The van der Waals surface area contributed by atoms with Crippen molar-refractivity contribution in [2.45, 2.75) is 26.4 Å². The molecule has 3 N–H and O–H groups in total. The fourth-order valence-electron chi connectivity index (χ4n) is 3.03. The third-order valence-corrected chi connectivity index (χ3v) is 4.60. The van der Waals surface area contributed by atoms with Gasteiger partial charge in [0.2, 0.25) is 5.75 Å². The summed E-state index contributed by atoms with van der Waals surface area (Å²) in [6.45, 7) is 3.40. The number of aliphatic hydroxyl groups is 1. The van der Waals surface area contributed by atoms with E-state index in [0.717, 1.165) is 0 Å². The third-order valence-electron chi connectivity index (χ3n) is 4.60. The van der Waals surface area contributed by atoms with Crippen LogP contribution in [-0.2, 0) is 11.2 Å². The molecule has 9 heteroatoms. The predicted octanol–water partition coefficient (Wildman–Crippen LogP) is 1.86. The number of nitrogens with one attached hydrogen (secondary N) is 2. The third kappa shape index (κ3) is 5.04. The molecule has 1 atom stereocenters. The maximum Gasteiger partial charge on any atom is 0.339 e. The maximum absolute atomic E-state index is 12.6. The summed E-state index contributed by atoms with van der Waals surface area (Å²) in [5.41, 5.74) is 1.74. The number of carbonyl (C=O) groups is 2. The summed E-state index contributed by atoms with van der Waals surface area (Å²) in [5.74, 6) is 0.360. The summed E-state index contributed by atoms with van der Waals surface area (Å²) in [6, 6.07) is 5.18. The Labute approximate surface area is 175 Å². The van der Waals surface area contributed by atoms with Crippen molar-refractivity contribution in [1.82, 2.24) is 10.3 Å². The monoisotopic (exact) mass is 420 g/mol. The van der Waals surface area contributed by atoms with Crippen LogP contribution in [0.3, 0.4) is 0 Å². The van der Waals surface area contributed by atoms with Crippen LogP contribution in [0, 0.1) is 6.92 Å². The molecule has 0 aliphatic heterocycles. The highest BCUT2D eigenvalue weighted by Gasteiger charge is 2.24. The summed E-state index contributed by atoms with van der Waals surface area (Å²) in [6.07, 6.45) is -0.444. The van der Waals surface area contributed by atoms with Crippen LogP contribution in [0.15, 0.2) is 18.2 Å². The Morgan fingerprint density at radius 3 is 2.33 bits per heavy atom. The Balaban J connectivity index is 2.01. The van der Waals surface area contributed by atoms with Crippen LogP contribution >= 0.6 is 0 Å². The summed E-state index contributed by atoms with van der Waals surface area (Å²) >= 11 is 0. The van der Waals surface area contributed by atoms with Gasteiger partial charge in [0.1, 0.15) is 18.4 Å². The molecular formula is C21H28N2O7. The smallest absolute Gasteiger partial charge is 0.339 e. The van der Waals surface area contributed by atoms with E-state index in [4.69, 9.17) is 18.9 Å². The molecule has 0 radical (unpaired) electrons. The van der Waals surface area contributed by atoms with Crippen molar-refractivity contribution < 1.29 is 33.6 Å². The standard InChI is InChI=1S/C21H28N2O7/c1-6-14-17(21(26)29-5)12(2)18(23-14)20(25)22-10-13(24)11-30-19-15(27-3)8-7-9-16(19)28-4/h7-9,13,23-24H,6,10-11H2,1-5H3,(H,22,25). The van der Waals surface area contributed by atoms with Crippen molar-refractivity contribution in [2.75, 3.05) is 34.5 Å². The molecule has 1 aromatic carbocycles. The van der Waals surface area contributed by atoms with Crippen molar-refractivity contribution >= 4 is 11.9 Å². The van der Waals surface area contributed by atoms with Crippen LogP contribution in [0.1, 0.15) is 39.0 Å². The van der Waals surface area contributed by atoms with Gasteiger partial charge in [0, 0.05) is 12.2 Å². The molecule has 0 saturated heterocycles. The number of amides is 1. The Bertz CT molecular complexity index is 869. The van der Waals surface area contributed by atoms with E-state index in [1.54, 1.807) is 25.1 Å². The highest BCUT2D eigenvalue weighted by molar-refractivity contribution is 6.00. The molecule has 2 aromatic rings. The summed E-state index contributed by atoms with van der Waals surface area (Å²) < 4.78 is 20.9. The molecule has 0 fully saturated rings. The van der Waals surface area contributed by atoms with Crippen LogP contribution < -0.4 is 19.5 Å². The highest BCUT2D eigenvalue weighted by atomic mass is 16.5. The number of aromatic nitrogens is 1. The van der Waals surface area contributed by atoms with Crippen molar-refractivity contribution in [3.63, 3.8) is 0 Å². The van der Waals surface area contributed by atoms with Crippen LogP contribution in [0.2, 0.25) is 0 Å². The first-order valence-electron chi connectivity index (χ1n) is 9.47. The normalized spacial score (nSPS) is 11.5. The van der Waals surface area contributed by atoms with E-state index in [2.05, 4.69) is 10.3 Å². The van der Waals surface area contributed by atoms with E-state index in [1.807, 2.05) is 6.92 Å². The Kier molecular flexibility index (Phi) is 8.11. The van der Waals surface area contributed by atoms with E-state index in [9.17, 15) is 14.7 Å². The minimum Gasteiger partial charge on any atom is -0.493 e. The van der Waals surface area contributed by atoms with Gasteiger partial charge in [-0.2, -0.15) is 0 Å². The average molecular weight is 420 g/mol. The number of aliphatic hydroxyl groups excluding tert-OH is 1. The first-order valence-corrected chi connectivity index (χ1v) is 9.47. The van der Waals surface area contributed by atoms with Crippen molar-refractivity contribution in [3.05, 3.63) is 40.7 Å². The predicted molar refractivity (Wildman–Crippen MR) is 110 cm³/mol. The number of para-hydroxylation sites is 1. The van der Waals surface area contributed by atoms with Crippen LogP contribution in [0.25, 0.3) is 0 Å². The van der Waals surface area contributed by atoms with Crippen molar-refractivity contribution in [2.24, 2.45) is 0 Å². The van der Waals surface area contributed by atoms with E-state index in [0.29, 0.717) is 40.5 Å². The molecule has 0 aliphatic carbocycles. The molecular weight excluding hydrogens is 392 g/mol. The van der Waals surface area contributed by atoms with Gasteiger partial charge in [-0.05, 0) is 31.0 Å². The van der Waals surface area contributed by atoms with Gasteiger partial charge in [-0.15, -0.1) is 0 Å². The minimum absolute atomic E-state index is 0.0518. The Hall–Kier alpha value is -3.20. The molecule has 0 spiro atoms. The number of rotatable bonds is 10. The quantitative estimate of drug-likeness (QED) is 0.502. The molecule has 0 aliphatic rings. The number of benzene rings is 1.